The minimum absolute atomic E-state index is 0.107. The lowest BCUT2D eigenvalue weighted by molar-refractivity contribution is 0.0950. The molecule has 6 heteroatoms. The highest BCUT2D eigenvalue weighted by Crippen LogP contribution is 2.11. The number of benzene rings is 1. The predicted octanol–water partition coefficient (Wildman–Crippen LogP) is 1.90. The Bertz CT molecular complexity index is 804. The summed E-state index contributed by atoms with van der Waals surface area (Å²) in [5, 5.41) is 11.3. The zero-order chi connectivity index (χ0) is 16.2. The van der Waals surface area contributed by atoms with Crippen molar-refractivity contribution in [2.45, 2.75) is 20.0 Å². The molecule has 0 aliphatic rings. The van der Waals surface area contributed by atoms with Crippen LogP contribution in [0.4, 0.5) is 0 Å². The molecule has 0 spiro atoms. The SMILES string of the molecule is Cc1c(C(=O)NCc2ccccc2Cn2cccn2)cnn1C. The molecule has 3 rings (SSSR count). The summed E-state index contributed by atoms with van der Waals surface area (Å²) in [4.78, 5) is 12.3. The Kier molecular flexibility index (Phi) is 4.23. The highest BCUT2D eigenvalue weighted by Gasteiger charge is 2.13. The number of amides is 1. The fourth-order valence-corrected chi connectivity index (χ4v) is 2.45. The first-order chi connectivity index (χ1) is 11.1. The van der Waals surface area contributed by atoms with Gasteiger partial charge in [-0.05, 0) is 24.1 Å². The molecular weight excluding hydrogens is 290 g/mol. The van der Waals surface area contributed by atoms with E-state index >= 15 is 0 Å². The van der Waals surface area contributed by atoms with Crippen molar-refractivity contribution in [1.29, 1.82) is 0 Å². The van der Waals surface area contributed by atoms with E-state index in [2.05, 4.69) is 21.6 Å². The molecule has 118 valence electrons. The average Bonchev–Trinajstić information content (AvgIpc) is 3.17. The molecule has 0 bridgehead atoms. The van der Waals surface area contributed by atoms with E-state index < -0.39 is 0 Å². The number of nitrogens with zero attached hydrogens (tertiary/aromatic N) is 4. The van der Waals surface area contributed by atoms with Gasteiger partial charge in [-0.15, -0.1) is 0 Å². The van der Waals surface area contributed by atoms with Crippen molar-refractivity contribution >= 4 is 5.91 Å². The summed E-state index contributed by atoms with van der Waals surface area (Å²) >= 11 is 0. The Hall–Kier alpha value is -2.89. The topological polar surface area (TPSA) is 64.7 Å². The number of aromatic nitrogens is 4. The van der Waals surface area contributed by atoms with Crippen LogP contribution in [0.25, 0.3) is 0 Å². The highest BCUT2D eigenvalue weighted by molar-refractivity contribution is 5.94. The molecule has 0 fully saturated rings. The van der Waals surface area contributed by atoms with Crippen molar-refractivity contribution in [3.05, 3.63) is 71.3 Å². The van der Waals surface area contributed by atoms with Crippen LogP contribution in [0.15, 0.2) is 48.9 Å². The van der Waals surface area contributed by atoms with Gasteiger partial charge in [-0.2, -0.15) is 10.2 Å². The maximum atomic E-state index is 12.3. The predicted molar refractivity (Wildman–Crippen MR) is 86.9 cm³/mol. The molecule has 0 atom stereocenters. The van der Waals surface area contributed by atoms with Crippen molar-refractivity contribution in [3.63, 3.8) is 0 Å². The van der Waals surface area contributed by atoms with Gasteiger partial charge in [0.05, 0.1) is 18.3 Å². The van der Waals surface area contributed by atoms with Crippen LogP contribution >= 0.6 is 0 Å². The quantitative estimate of drug-likeness (QED) is 0.783. The summed E-state index contributed by atoms with van der Waals surface area (Å²) in [5.41, 5.74) is 3.68. The van der Waals surface area contributed by atoms with Gasteiger partial charge in [0.1, 0.15) is 0 Å². The monoisotopic (exact) mass is 309 g/mol. The van der Waals surface area contributed by atoms with Crippen molar-refractivity contribution in [3.8, 4) is 0 Å². The number of nitrogens with one attached hydrogen (secondary N) is 1. The molecule has 0 radical (unpaired) electrons. The van der Waals surface area contributed by atoms with Crippen LogP contribution in [0.3, 0.4) is 0 Å². The van der Waals surface area contributed by atoms with E-state index in [9.17, 15) is 4.79 Å². The van der Waals surface area contributed by atoms with E-state index in [1.807, 2.05) is 49.1 Å². The fourth-order valence-electron chi connectivity index (χ4n) is 2.45. The molecule has 6 nitrogen and oxygen atoms in total. The normalized spacial score (nSPS) is 10.7. The Labute approximate surface area is 134 Å². The minimum atomic E-state index is -0.107. The first-order valence-corrected chi connectivity index (χ1v) is 7.46. The minimum Gasteiger partial charge on any atom is -0.348 e. The Morgan fingerprint density at radius 2 is 1.96 bits per heavy atom. The molecule has 0 saturated heterocycles. The molecule has 1 aromatic carbocycles. The smallest absolute Gasteiger partial charge is 0.255 e. The van der Waals surface area contributed by atoms with Crippen LogP contribution in [0.2, 0.25) is 0 Å². The second-order valence-electron chi connectivity index (χ2n) is 5.42. The van der Waals surface area contributed by atoms with E-state index in [4.69, 9.17) is 0 Å². The molecule has 0 aliphatic heterocycles. The number of carbonyl (C=O) groups is 1. The molecule has 0 saturated carbocycles. The maximum Gasteiger partial charge on any atom is 0.255 e. The molecule has 1 amide bonds. The van der Waals surface area contributed by atoms with Gasteiger partial charge in [-0.25, -0.2) is 0 Å². The van der Waals surface area contributed by atoms with E-state index in [1.54, 1.807) is 17.1 Å². The van der Waals surface area contributed by atoms with E-state index in [0.717, 1.165) is 16.8 Å². The van der Waals surface area contributed by atoms with Crippen LogP contribution in [0.5, 0.6) is 0 Å². The Morgan fingerprint density at radius 1 is 1.17 bits per heavy atom. The third-order valence-corrected chi connectivity index (χ3v) is 3.93. The number of rotatable bonds is 5. The standard InChI is InChI=1S/C17H19N5O/c1-13-16(11-20-21(13)2)17(23)18-10-14-6-3-4-7-15(14)12-22-9-5-8-19-22/h3-9,11H,10,12H2,1-2H3,(H,18,23). The molecule has 1 N–H and O–H groups in total. The lowest BCUT2D eigenvalue weighted by Gasteiger charge is -2.11. The van der Waals surface area contributed by atoms with Crippen molar-refractivity contribution in [1.82, 2.24) is 24.9 Å². The average molecular weight is 309 g/mol. The highest BCUT2D eigenvalue weighted by atomic mass is 16.1. The second kappa shape index (κ2) is 6.48. The first kappa shape index (κ1) is 15.0. The van der Waals surface area contributed by atoms with Crippen LogP contribution in [-0.2, 0) is 20.1 Å². The van der Waals surface area contributed by atoms with E-state index in [1.165, 1.54) is 0 Å². The van der Waals surface area contributed by atoms with Gasteiger partial charge >= 0.3 is 0 Å². The summed E-state index contributed by atoms with van der Waals surface area (Å²) in [6, 6.07) is 9.95. The third kappa shape index (κ3) is 3.31. The first-order valence-electron chi connectivity index (χ1n) is 7.46. The second-order valence-corrected chi connectivity index (χ2v) is 5.42. The van der Waals surface area contributed by atoms with Gasteiger partial charge in [0.25, 0.3) is 5.91 Å². The van der Waals surface area contributed by atoms with E-state index in [0.29, 0.717) is 18.7 Å². The van der Waals surface area contributed by atoms with E-state index in [-0.39, 0.29) is 5.91 Å². The number of aryl methyl sites for hydroxylation is 1. The number of hydrogen-bond acceptors (Lipinski definition) is 3. The number of hydrogen-bond donors (Lipinski definition) is 1. The van der Waals surface area contributed by atoms with Crippen LogP contribution in [-0.4, -0.2) is 25.5 Å². The lowest BCUT2D eigenvalue weighted by Crippen LogP contribution is -2.24. The molecule has 23 heavy (non-hydrogen) atoms. The van der Waals surface area contributed by atoms with Crippen LogP contribution in [0, 0.1) is 6.92 Å². The fraction of sp³-hybridized carbons (Fsp3) is 0.235. The zero-order valence-electron chi connectivity index (χ0n) is 13.2. The van der Waals surface area contributed by atoms with Gasteiger partial charge in [-0.3, -0.25) is 14.2 Å². The van der Waals surface area contributed by atoms with Gasteiger partial charge in [0.15, 0.2) is 0 Å². The summed E-state index contributed by atoms with van der Waals surface area (Å²) < 4.78 is 3.56. The molecule has 2 aromatic heterocycles. The zero-order valence-corrected chi connectivity index (χ0v) is 13.2. The number of carbonyl (C=O) groups excluding carboxylic acids is 1. The Morgan fingerprint density at radius 3 is 2.61 bits per heavy atom. The van der Waals surface area contributed by atoms with Gasteiger partial charge in [0, 0.05) is 31.7 Å². The molecule has 2 heterocycles. The van der Waals surface area contributed by atoms with Gasteiger partial charge in [0.2, 0.25) is 0 Å². The lowest BCUT2D eigenvalue weighted by atomic mass is 10.1. The summed E-state index contributed by atoms with van der Waals surface area (Å²) in [5.74, 6) is -0.107. The maximum absolute atomic E-state index is 12.3. The largest absolute Gasteiger partial charge is 0.348 e. The van der Waals surface area contributed by atoms with Crippen molar-refractivity contribution in [2.75, 3.05) is 0 Å². The third-order valence-electron chi connectivity index (χ3n) is 3.93. The summed E-state index contributed by atoms with van der Waals surface area (Å²) in [6.07, 6.45) is 5.28. The van der Waals surface area contributed by atoms with Crippen LogP contribution < -0.4 is 5.32 Å². The molecule has 3 aromatic rings. The van der Waals surface area contributed by atoms with Gasteiger partial charge < -0.3 is 5.32 Å². The van der Waals surface area contributed by atoms with Crippen molar-refractivity contribution < 1.29 is 4.79 Å². The molecule has 0 unspecified atom stereocenters. The Balaban J connectivity index is 1.71. The van der Waals surface area contributed by atoms with Gasteiger partial charge in [-0.1, -0.05) is 24.3 Å². The molecule has 0 aliphatic carbocycles. The summed E-state index contributed by atoms with van der Waals surface area (Å²) in [7, 11) is 1.82. The van der Waals surface area contributed by atoms with Crippen molar-refractivity contribution in [2.24, 2.45) is 7.05 Å². The van der Waals surface area contributed by atoms with Crippen LogP contribution in [0.1, 0.15) is 27.2 Å². The summed E-state index contributed by atoms with van der Waals surface area (Å²) in [6.45, 7) is 3.04. The molecular formula is C17H19N5O.